The number of anilines is 1. The summed E-state index contributed by atoms with van der Waals surface area (Å²) in [7, 11) is 1.83. The quantitative estimate of drug-likeness (QED) is 0.931. The molecule has 1 fully saturated rings. The van der Waals surface area contributed by atoms with E-state index in [-0.39, 0.29) is 11.3 Å². The molecule has 0 spiro atoms. The molecule has 2 rings (SSSR count). The van der Waals surface area contributed by atoms with Crippen LogP contribution in [0.5, 0.6) is 0 Å². The maximum Gasteiger partial charge on any atom is 0.234 e. The molecule has 0 bridgehead atoms. The molecule has 1 aliphatic rings. The van der Waals surface area contributed by atoms with Crippen LogP contribution in [0.15, 0.2) is 22.7 Å². The maximum absolute atomic E-state index is 12.4. The van der Waals surface area contributed by atoms with Crippen molar-refractivity contribution in [3.05, 3.63) is 28.2 Å². The topological polar surface area (TPSA) is 46.3 Å². The number of carbonyl (C=O) groups excluding carboxylic acids is 1. The van der Waals surface area contributed by atoms with Gasteiger partial charge in [0.2, 0.25) is 5.91 Å². The Hall–Kier alpha value is -0.870. The van der Waals surface area contributed by atoms with Crippen LogP contribution >= 0.6 is 15.9 Å². The first-order valence-electron chi connectivity index (χ1n) is 5.74. The predicted octanol–water partition coefficient (Wildman–Crippen LogP) is 2.46. The Kier molecular flexibility index (Phi) is 3.27. The number of benzene rings is 1. The van der Waals surface area contributed by atoms with E-state index in [4.69, 9.17) is 5.73 Å². The van der Waals surface area contributed by atoms with Crippen LogP contribution in [0.2, 0.25) is 0 Å². The average molecular weight is 297 g/mol. The van der Waals surface area contributed by atoms with Gasteiger partial charge in [0.15, 0.2) is 0 Å². The highest BCUT2D eigenvalue weighted by Crippen LogP contribution is 2.46. The first-order valence-corrected chi connectivity index (χ1v) is 6.54. The van der Waals surface area contributed by atoms with Crippen molar-refractivity contribution in [3.63, 3.8) is 0 Å². The van der Waals surface area contributed by atoms with E-state index in [0.29, 0.717) is 6.54 Å². The van der Waals surface area contributed by atoms with Gasteiger partial charge in [-0.2, -0.15) is 0 Å². The van der Waals surface area contributed by atoms with Crippen LogP contribution in [0.3, 0.4) is 0 Å². The fourth-order valence-corrected chi connectivity index (χ4v) is 2.41. The molecule has 2 N–H and O–H groups in total. The molecule has 0 radical (unpaired) electrons. The van der Waals surface area contributed by atoms with Crippen molar-refractivity contribution < 1.29 is 4.79 Å². The smallest absolute Gasteiger partial charge is 0.234 e. The number of hydrogen-bond acceptors (Lipinski definition) is 2. The van der Waals surface area contributed by atoms with Crippen molar-refractivity contribution in [3.8, 4) is 0 Å². The molecular weight excluding hydrogens is 280 g/mol. The Balaban J connectivity index is 2.28. The monoisotopic (exact) mass is 296 g/mol. The normalized spacial score (nSPS) is 16.7. The molecule has 0 saturated heterocycles. The summed E-state index contributed by atoms with van der Waals surface area (Å²) < 4.78 is 0.982. The minimum absolute atomic E-state index is 0.140. The molecule has 1 amide bonds. The number of aryl methyl sites for hydroxylation is 1. The number of nitrogens with two attached hydrogens (primary N) is 1. The lowest BCUT2D eigenvalue weighted by Gasteiger charge is -2.24. The molecule has 0 aliphatic heterocycles. The van der Waals surface area contributed by atoms with Gasteiger partial charge in [0.25, 0.3) is 0 Å². The summed E-state index contributed by atoms with van der Waals surface area (Å²) in [5, 5.41) is 0. The molecule has 0 heterocycles. The molecule has 4 heteroatoms. The molecule has 17 heavy (non-hydrogen) atoms. The van der Waals surface area contributed by atoms with Crippen LogP contribution in [-0.2, 0) is 4.79 Å². The van der Waals surface area contributed by atoms with Gasteiger partial charge >= 0.3 is 0 Å². The predicted molar refractivity (Wildman–Crippen MR) is 73.0 cm³/mol. The van der Waals surface area contributed by atoms with Gasteiger partial charge in [0.05, 0.1) is 5.41 Å². The SMILES string of the molecule is Cc1ccc(Br)cc1N(C)C(=O)C1(CN)CC1. The third-order valence-electron chi connectivity index (χ3n) is 3.54. The Labute approximate surface area is 110 Å². The molecule has 0 atom stereocenters. The molecule has 1 saturated carbocycles. The second-order valence-electron chi connectivity index (χ2n) is 4.78. The minimum Gasteiger partial charge on any atom is -0.329 e. The molecule has 1 aromatic carbocycles. The van der Waals surface area contributed by atoms with E-state index >= 15 is 0 Å². The number of halogens is 1. The van der Waals surface area contributed by atoms with Gasteiger partial charge in [-0.3, -0.25) is 4.79 Å². The van der Waals surface area contributed by atoms with Crippen LogP contribution in [0.25, 0.3) is 0 Å². The Morgan fingerprint density at radius 2 is 2.18 bits per heavy atom. The summed E-state index contributed by atoms with van der Waals surface area (Å²) in [5.74, 6) is 0.140. The zero-order chi connectivity index (χ0) is 12.6. The van der Waals surface area contributed by atoms with Crippen LogP contribution in [0.4, 0.5) is 5.69 Å². The van der Waals surface area contributed by atoms with Gasteiger partial charge in [-0.05, 0) is 37.5 Å². The zero-order valence-corrected chi connectivity index (χ0v) is 11.8. The first-order chi connectivity index (χ1) is 8.00. The summed E-state index contributed by atoms with van der Waals surface area (Å²) in [6.45, 7) is 2.46. The number of amides is 1. The largest absolute Gasteiger partial charge is 0.329 e. The van der Waals surface area contributed by atoms with Gasteiger partial charge < -0.3 is 10.6 Å². The average Bonchev–Trinajstić information content (AvgIpc) is 3.11. The van der Waals surface area contributed by atoms with E-state index in [1.165, 1.54) is 0 Å². The molecule has 0 aromatic heterocycles. The lowest BCUT2D eigenvalue weighted by molar-refractivity contribution is -0.123. The van der Waals surface area contributed by atoms with E-state index in [1.807, 2.05) is 32.2 Å². The first kappa shape index (κ1) is 12.6. The Bertz CT molecular complexity index is 455. The van der Waals surface area contributed by atoms with Crippen LogP contribution in [0, 0.1) is 12.3 Å². The third-order valence-corrected chi connectivity index (χ3v) is 4.03. The highest BCUT2D eigenvalue weighted by atomic mass is 79.9. The van der Waals surface area contributed by atoms with Crippen molar-refractivity contribution in [2.75, 3.05) is 18.5 Å². The molecule has 1 aromatic rings. The lowest BCUT2D eigenvalue weighted by Crippen LogP contribution is -2.38. The molecule has 92 valence electrons. The van der Waals surface area contributed by atoms with Crippen LogP contribution in [0.1, 0.15) is 18.4 Å². The summed E-state index contributed by atoms with van der Waals surface area (Å²) in [5.41, 5.74) is 7.45. The van der Waals surface area contributed by atoms with E-state index in [0.717, 1.165) is 28.6 Å². The third kappa shape index (κ3) is 2.24. The van der Waals surface area contributed by atoms with Crippen molar-refractivity contribution in [2.24, 2.45) is 11.1 Å². The number of carbonyl (C=O) groups is 1. The van der Waals surface area contributed by atoms with Crippen LogP contribution < -0.4 is 10.6 Å². The van der Waals surface area contributed by atoms with E-state index in [1.54, 1.807) is 4.90 Å². The fraction of sp³-hybridized carbons (Fsp3) is 0.462. The summed E-state index contributed by atoms with van der Waals surface area (Å²) >= 11 is 3.43. The summed E-state index contributed by atoms with van der Waals surface area (Å²) in [4.78, 5) is 14.1. The number of rotatable bonds is 3. The van der Waals surface area contributed by atoms with Gasteiger partial charge in [0.1, 0.15) is 0 Å². The summed E-state index contributed by atoms with van der Waals surface area (Å²) in [6, 6.07) is 5.96. The summed E-state index contributed by atoms with van der Waals surface area (Å²) in [6.07, 6.45) is 1.83. The second kappa shape index (κ2) is 4.42. The van der Waals surface area contributed by atoms with Crippen molar-refractivity contribution in [1.82, 2.24) is 0 Å². The Morgan fingerprint density at radius 1 is 1.53 bits per heavy atom. The maximum atomic E-state index is 12.4. The number of nitrogens with zero attached hydrogens (tertiary/aromatic N) is 1. The van der Waals surface area contributed by atoms with Gasteiger partial charge in [-0.25, -0.2) is 0 Å². The van der Waals surface area contributed by atoms with Gasteiger partial charge in [0, 0.05) is 23.8 Å². The molecule has 3 nitrogen and oxygen atoms in total. The zero-order valence-electron chi connectivity index (χ0n) is 10.2. The number of hydrogen-bond donors (Lipinski definition) is 1. The second-order valence-corrected chi connectivity index (χ2v) is 5.70. The van der Waals surface area contributed by atoms with E-state index in [2.05, 4.69) is 15.9 Å². The van der Waals surface area contributed by atoms with Crippen molar-refractivity contribution in [2.45, 2.75) is 19.8 Å². The Morgan fingerprint density at radius 3 is 2.71 bits per heavy atom. The van der Waals surface area contributed by atoms with Crippen molar-refractivity contribution in [1.29, 1.82) is 0 Å². The van der Waals surface area contributed by atoms with Gasteiger partial charge in [-0.1, -0.05) is 22.0 Å². The lowest BCUT2D eigenvalue weighted by atomic mass is 10.0. The fourth-order valence-electron chi connectivity index (χ4n) is 2.07. The highest BCUT2D eigenvalue weighted by Gasteiger charge is 2.50. The molecular formula is C13H17BrN2O. The standard InChI is InChI=1S/C13H17BrN2O/c1-9-3-4-10(14)7-11(9)16(2)12(17)13(8-15)5-6-13/h3-4,7H,5-6,8,15H2,1-2H3. The van der Waals surface area contributed by atoms with Gasteiger partial charge in [-0.15, -0.1) is 0 Å². The van der Waals surface area contributed by atoms with Crippen molar-refractivity contribution >= 4 is 27.5 Å². The van der Waals surface area contributed by atoms with Crippen LogP contribution in [-0.4, -0.2) is 19.5 Å². The highest BCUT2D eigenvalue weighted by molar-refractivity contribution is 9.10. The minimum atomic E-state index is -0.288. The molecule has 0 unspecified atom stereocenters. The molecule has 1 aliphatic carbocycles. The van der Waals surface area contributed by atoms with E-state index in [9.17, 15) is 4.79 Å². The van der Waals surface area contributed by atoms with E-state index < -0.39 is 0 Å².